The molecule has 0 radical (unpaired) electrons. The molecule has 6 nitrogen and oxygen atoms in total. The number of aliphatic imine (C=N–C) groups is 1. The van der Waals surface area contributed by atoms with Crippen LogP contribution in [0.5, 0.6) is 0 Å². The van der Waals surface area contributed by atoms with Crippen LogP contribution in [-0.2, 0) is 9.47 Å². The highest BCUT2D eigenvalue weighted by atomic mass is 16.5. The number of benzene rings is 1. The number of morpholine rings is 1. The standard InChI is InChI=1S/C22H38N4O2/c1-5-23-21(25-18-22(3,4)26-13-16-27-17-14-26)24-12-9-15-28-19(2)20-10-7-6-8-11-20/h6-8,10-11,19H,5,9,12-18H2,1-4H3,(H2,23,24,25). The molecule has 2 N–H and O–H groups in total. The molecule has 0 aliphatic carbocycles. The van der Waals surface area contributed by atoms with E-state index in [9.17, 15) is 0 Å². The summed E-state index contributed by atoms with van der Waals surface area (Å²) in [6.07, 6.45) is 1.06. The van der Waals surface area contributed by atoms with Crippen molar-refractivity contribution in [1.29, 1.82) is 0 Å². The van der Waals surface area contributed by atoms with Gasteiger partial charge in [0.15, 0.2) is 5.96 Å². The fourth-order valence-electron chi connectivity index (χ4n) is 3.24. The summed E-state index contributed by atoms with van der Waals surface area (Å²) in [6, 6.07) is 10.3. The molecule has 1 aliphatic rings. The lowest BCUT2D eigenvalue weighted by atomic mass is 10.0. The van der Waals surface area contributed by atoms with Crippen molar-refractivity contribution in [2.45, 2.75) is 45.8 Å². The van der Waals surface area contributed by atoms with E-state index in [0.29, 0.717) is 0 Å². The molecule has 158 valence electrons. The zero-order chi connectivity index (χ0) is 20.2. The lowest BCUT2D eigenvalue weighted by Crippen LogP contribution is -2.52. The van der Waals surface area contributed by atoms with Crippen molar-refractivity contribution in [3.8, 4) is 0 Å². The first-order valence-corrected chi connectivity index (χ1v) is 10.5. The summed E-state index contributed by atoms with van der Waals surface area (Å²) in [5.41, 5.74) is 1.25. The van der Waals surface area contributed by atoms with Crippen LogP contribution in [0.1, 0.15) is 45.8 Å². The molecule has 0 saturated carbocycles. The third-order valence-electron chi connectivity index (χ3n) is 5.09. The minimum absolute atomic E-state index is 0.0281. The molecule has 1 unspecified atom stereocenters. The normalized spacial score (nSPS) is 17.4. The molecular weight excluding hydrogens is 352 g/mol. The van der Waals surface area contributed by atoms with Crippen molar-refractivity contribution in [3.63, 3.8) is 0 Å². The Bertz CT molecular complexity index is 571. The van der Waals surface area contributed by atoms with Gasteiger partial charge in [-0.1, -0.05) is 30.3 Å². The van der Waals surface area contributed by atoms with Gasteiger partial charge in [0.25, 0.3) is 0 Å². The molecule has 1 aromatic carbocycles. The van der Waals surface area contributed by atoms with Gasteiger partial charge in [-0.3, -0.25) is 9.89 Å². The minimum atomic E-state index is 0.0281. The van der Waals surface area contributed by atoms with E-state index in [1.807, 2.05) is 18.2 Å². The van der Waals surface area contributed by atoms with Crippen molar-refractivity contribution in [3.05, 3.63) is 35.9 Å². The molecule has 6 heteroatoms. The maximum absolute atomic E-state index is 5.94. The fourth-order valence-corrected chi connectivity index (χ4v) is 3.24. The van der Waals surface area contributed by atoms with Crippen LogP contribution >= 0.6 is 0 Å². The van der Waals surface area contributed by atoms with E-state index in [1.54, 1.807) is 0 Å². The first kappa shape index (κ1) is 22.7. The Balaban J connectivity index is 1.71. The van der Waals surface area contributed by atoms with Crippen LogP contribution in [0.15, 0.2) is 35.3 Å². The largest absolute Gasteiger partial charge is 0.379 e. The van der Waals surface area contributed by atoms with E-state index >= 15 is 0 Å². The molecular formula is C22H38N4O2. The Morgan fingerprint density at radius 3 is 2.61 bits per heavy atom. The summed E-state index contributed by atoms with van der Waals surface area (Å²) in [7, 11) is 0. The third-order valence-corrected chi connectivity index (χ3v) is 5.09. The summed E-state index contributed by atoms with van der Waals surface area (Å²) in [6.45, 7) is 15.4. The van der Waals surface area contributed by atoms with E-state index in [0.717, 1.165) is 64.9 Å². The topological polar surface area (TPSA) is 58.1 Å². The molecule has 0 spiro atoms. The molecule has 28 heavy (non-hydrogen) atoms. The van der Waals surface area contributed by atoms with Gasteiger partial charge in [0.05, 0.1) is 25.9 Å². The highest BCUT2D eigenvalue weighted by Crippen LogP contribution is 2.17. The number of nitrogens with one attached hydrogen (secondary N) is 2. The predicted octanol–water partition coefficient (Wildman–Crippen LogP) is 2.82. The van der Waals surface area contributed by atoms with Crippen LogP contribution < -0.4 is 10.6 Å². The quantitative estimate of drug-likeness (QED) is 0.365. The predicted molar refractivity (Wildman–Crippen MR) is 116 cm³/mol. The van der Waals surface area contributed by atoms with Crippen LogP contribution in [0.25, 0.3) is 0 Å². The highest BCUT2D eigenvalue weighted by Gasteiger charge is 2.28. The molecule has 1 heterocycles. The highest BCUT2D eigenvalue weighted by molar-refractivity contribution is 5.79. The smallest absolute Gasteiger partial charge is 0.191 e. The van der Waals surface area contributed by atoms with E-state index in [4.69, 9.17) is 14.5 Å². The van der Waals surface area contributed by atoms with Gasteiger partial charge in [0.1, 0.15) is 0 Å². The first-order chi connectivity index (χ1) is 13.5. The van der Waals surface area contributed by atoms with Crippen LogP contribution in [0.2, 0.25) is 0 Å². The van der Waals surface area contributed by atoms with E-state index < -0.39 is 0 Å². The molecule has 1 atom stereocenters. The molecule has 1 aromatic rings. The number of nitrogens with zero attached hydrogens (tertiary/aromatic N) is 2. The van der Waals surface area contributed by atoms with Crippen LogP contribution in [-0.4, -0.2) is 68.9 Å². The molecule has 0 aromatic heterocycles. The summed E-state index contributed by atoms with van der Waals surface area (Å²) in [5.74, 6) is 0.875. The van der Waals surface area contributed by atoms with Gasteiger partial charge in [-0.25, -0.2) is 0 Å². The van der Waals surface area contributed by atoms with Gasteiger partial charge in [-0.05, 0) is 39.7 Å². The SMILES string of the molecule is CCNC(=NCC(C)(C)N1CCOCC1)NCCCOC(C)c1ccccc1. The third kappa shape index (κ3) is 7.78. The van der Waals surface area contributed by atoms with Gasteiger partial charge >= 0.3 is 0 Å². The lowest BCUT2D eigenvalue weighted by Gasteiger charge is -2.39. The molecule has 0 amide bonds. The Morgan fingerprint density at radius 2 is 1.93 bits per heavy atom. The van der Waals surface area contributed by atoms with Crippen LogP contribution in [0.3, 0.4) is 0 Å². The van der Waals surface area contributed by atoms with Crippen molar-refractivity contribution in [2.24, 2.45) is 4.99 Å². The Labute approximate surface area is 170 Å². The van der Waals surface area contributed by atoms with Gasteiger partial charge in [-0.15, -0.1) is 0 Å². The summed E-state index contributed by atoms with van der Waals surface area (Å²) in [4.78, 5) is 7.27. The zero-order valence-electron chi connectivity index (χ0n) is 18.0. The Hall–Kier alpha value is -1.63. The number of ether oxygens (including phenoxy) is 2. The second-order valence-electron chi connectivity index (χ2n) is 7.81. The van der Waals surface area contributed by atoms with Crippen LogP contribution in [0, 0.1) is 0 Å². The maximum Gasteiger partial charge on any atom is 0.191 e. The van der Waals surface area contributed by atoms with E-state index in [2.05, 4.69) is 55.4 Å². The van der Waals surface area contributed by atoms with Crippen molar-refractivity contribution >= 4 is 5.96 Å². The Morgan fingerprint density at radius 1 is 1.21 bits per heavy atom. The minimum Gasteiger partial charge on any atom is -0.379 e. The van der Waals surface area contributed by atoms with Crippen molar-refractivity contribution in [2.75, 3.05) is 52.5 Å². The average molecular weight is 391 g/mol. The molecule has 1 saturated heterocycles. The van der Waals surface area contributed by atoms with Gasteiger partial charge in [0, 0.05) is 38.3 Å². The van der Waals surface area contributed by atoms with Gasteiger partial charge in [0.2, 0.25) is 0 Å². The van der Waals surface area contributed by atoms with E-state index in [1.165, 1.54) is 5.56 Å². The van der Waals surface area contributed by atoms with Crippen molar-refractivity contribution < 1.29 is 9.47 Å². The number of hydrogen-bond donors (Lipinski definition) is 2. The monoisotopic (exact) mass is 390 g/mol. The van der Waals surface area contributed by atoms with Crippen molar-refractivity contribution in [1.82, 2.24) is 15.5 Å². The maximum atomic E-state index is 5.94. The number of rotatable bonds is 10. The second-order valence-corrected chi connectivity index (χ2v) is 7.81. The summed E-state index contributed by atoms with van der Waals surface area (Å²) >= 11 is 0. The Kier molecular flexibility index (Phi) is 9.75. The summed E-state index contributed by atoms with van der Waals surface area (Å²) < 4.78 is 11.4. The summed E-state index contributed by atoms with van der Waals surface area (Å²) in [5, 5.41) is 6.76. The average Bonchev–Trinajstić information content (AvgIpc) is 2.73. The lowest BCUT2D eigenvalue weighted by molar-refractivity contribution is -0.00683. The molecule has 2 rings (SSSR count). The number of guanidine groups is 1. The molecule has 0 bridgehead atoms. The van der Waals surface area contributed by atoms with Gasteiger partial charge < -0.3 is 20.1 Å². The fraction of sp³-hybridized carbons (Fsp3) is 0.682. The molecule has 1 fully saturated rings. The molecule has 1 aliphatic heterocycles. The van der Waals surface area contributed by atoms with E-state index in [-0.39, 0.29) is 11.6 Å². The van der Waals surface area contributed by atoms with Crippen LogP contribution in [0.4, 0.5) is 0 Å². The first-order valence-electron chi connectivity index (χ1n) is 10.5. The number of hydrogen-bond acceptors (Lipinski definition) is 4. The zero-order valence-corrected chi connectivity index (χ0v) is 18.0. The van der Waals surface area contributed by atoms with Gasteiger partial charge in [-0.2, -0.15) is 0 Å². The second kappa shape index (κ2) is 12.0.